The van der Waals surface area contributed by atoms with E-state index in [0.717, 1.165) is 32.2 Å². The van der Waals surface area contributed by atoms with Gasteiger partial charge in [-0.1, -0.05) is 6.07 Å². The highest BCUT2D eigenvalue weighted by atomic mass is 32.2. The molecule has 0 saturated heterocycles. The van der Waals surface area contributed by atoms with Crippen molar-refractivity contribution in [2.75, 3.05) is 13.1 Å². The van der Waals surface area contributed by atoms with Crippen LogP contribution >= 0.6 is 11.3 Å². The topological polar surface area (TPSA) is 72.2 Å². The second-order valence-corrected chi connectivity index (χ2v) is 7.85. The zero-order valence-electron chi connectivity index (χ0n) is 10.3. The number of rotatable bonds is 5. The van der Waals surface area contributed by atoms with Gasteiger partial charge in [0.2, 0.25) is 10.0 Å². The summed E-state index contributed by atoms with van der Waals surface area (Å²) in [4.78, 5) is 0. The van der Waals surface area contributed by atoms with E-state index in [0.29, 0.717) is 22.6 Å². The third-order valence-corrected chi connectivity index (χ3v) is 6.44. The summed E-state index contributed by atoms with van der Waals surface area (Å²) in [6.45, 7) is 1.31. The van der Waals surface area contributed by atoms with Gasteiger partial charge in [-0.05, 0) is 55.5 Å². The Labute approximate surface area is 113 Å². The van der Waals surface area contributed by atoms with E-state index in [9.17, 15) is 8.42 Å². The average Bonchev–Trinajstić information content (AvgIpc) is 2.92. The fourth-order valence-electron chi connectivity index (χ4n) is 2.39. The van der Waals surface area contributed by atoms with E-state index in [1.54, 1.807) is 17.5 Å². The summed E-state index contributed by atoms with van der Waals surface area (Å²) in [5.41, 5.74) is 5.65. The highest BCUT2D eigenvalue weighted by Crippen LogP contribution is 2.28. The predicted molar refractivity (Wildman–Crippen MR) is 74.0 cm³/mol. The molecular formula is C12H20N2O2S2. The first-order valence-electron chi connectivity index (χ1n) is 6.35. The number of thiophene rings is 1. The maximum Gasteiger partial charge on any atom is 0.250 e. The van der Waals surface area contributed by atoms with Crippen LogP contribution in [0.1, 0.15) is 25.7 Å². The Morgan fingerprint density at radius 1 is 1.28 bits per heavy atom. The van der Waals surface area contributed by atoms with Crippen molar-refractivity contribution in [3.05, 3.63) is 17.5 Å². The lowest BCUT2D eigenvalue weighted by Crippen LogP contribution is -2.32. The van der Waals surface area contributed by atoms with E-state index >= 15 is 0 Å². The molecule has 0 unspecified atom stereocenters. The van der Waals surface area contributed by atoms with Gasteiger partial charge in [0.05, 0.1) is 0 Å². The Morgan fingerprint density at radius 2 is 1.94 bits per heavy atom. The van der Waals surface area contributed by atoms with Crippen molar-refractivity contribution in [2.24, 2.45) is 17.6 Å². The van der Waals surface area contributed by atoms with E-state index in [2.05, 4.69) is 4.72 Å². The first-order chi connectivity index (χ1) is 8.62. The van der Waals surface area contributed by atoms with Gasteiger partial charge in [-0.25, -0.2) is 13.1 Å². The summed E-state index contributed by atoms with van der Waals surface area (Å²) in [5.74, 6) is 1.10. The minimum Gasteiger partial charge on any atom is -0.330 e. The van der Waals surface area contributed by atoms with E-state index in [-0.39, 0.29) is 0 Å². The molecule has 0 bridgehead atoms. The van der Waals surface area contributed by atoms with Gasteiger partial charge in [-0.3, -0.25) is 0 Å². The fourth-order valence-corrected chi connectivity index (χ4v) is 4.54. The molecule has 1 saturated carbocycles. The number of nitrogens with one attached hydrogen (secondary N) is 1. The maximum atomic E-state index is 11.9. The highest BCUT2D eigenvalue weighted by Gasteiger charge is 2.22. The fraction of sp³-hybridized carbons (Fsp3) is 0.667. The minimum atomic E-state index is -3.29. The standard InChI is InChI=1S/C12H20N2O2S2/c13-8-10-3-5-11(6-4-10)9-14-18(15,16)12-2-1-7-17-12/h1-2,7,10-11,14H,3-6,8-9,13H2/t10-,11-. The van der Waals surface area contributed by atoms with Crippen molar-refractivity contribution >= 4 is 21.4 Å². The van der Waals surface area contributed by atoms with Crippen molar-refractivity contribution in [3.8, 4) is 0 Å². The first kappa shape index (κ1) is 14.0. The molecular weight excluding hydrogens is 268 g/mol. The molecule has 3 N–H and O–H groups in total. The zero-order chi connectivity index (χ0) is 13.0. The lowest BCUT2D eigenvalue weighted by molar-refractivity contribution is 0.280. The van der Waals surface area contributed by atoms with Gasteiger partial charge in [0.25, 0.3) is 0 Å². The van der Waals surface area contributed by atoms with Crippen molar-refractivity contribution in [2.45, 2.75) is 29.9 Å². The monoisotopic (exact) mass is 288 g/mol. The summed E-state index contributed by atoms with van der Waals surface area (Å²) in [7, 11) is -3.29. The Balaban J connectivity index is 1.82. The van der Waals surface area contributed by atoms with Crippen LogP contribution in [0.4, 0.5) is 0 Å². The molecule has 0 aliphatic heterocycles. The third kappa shape index (κ3) is 3.54. The van der Waals surface area contributed by atoms with E-state index in [1.807, 2.05) is 0 Å². The molecule has 18 heavy (non-hydrogen) atoms. The van der Waals surface area contributed by atoms with Crippen LogP contribution in [0.25, 0.3) is 0 Å². The Bertz CT molecular complexity index is 448. The molecule has 6 heteroatoms. The lowest BCUT2D eigenvalue weighted by atomic mass is 9.82. The molecule has 0 radical (unpaired) electrons. The molecule has 1 aliphatic carbocycles. The molecule has 0 atom stereocenters. The summed E-state index contributed by atoms with van der Waals surface area (Å²) in [6.07, 6.45) is 4.41. The lowest BCUT2D eigenvalue weighted by Gasteiger charge is -2.27. The number of hydrogen-bond acceptors (Lipinski definition) is 4. The number of hydrogen-bond donors (Lipinski definition) is 2. The molecule has 0 amide bonds. The molecule has 1 aromatic heterocycles. The summed E-state index contributed by atoms with van der Waals surface area (Å²) < 4.78 is 27.0. The van der Waals surface area contributed by atoms with Crippen molar-refractivity contribution < 1.29 is 8.42 Å². The molecule has 2 rings (SSSR count). The molecule has 1 fully saturated rings. The van der Waals surface area contributed by atoms with Gasteiger partial charge in [0, 0.05) is 6.54 Å². The smallest absolute Gasteiger partial charge is 0.250 e. The van der Waals surface area contributed by atoms with E-state index in [1.165, 1.54) is 11.3 Å². The van der Waals surface area contributed by atoms with Crippen LogP contribution in [0.3, 0.4) is 0 Å². The number of sulfonamides is 1. The van der Waals surface area contributed by atoms with Crippen LogP contribution in [0, 0.1) is 11.8 Å². The molecule has 1 aliphatic rings. The van der Waals surface area contributed by atoms with Gasteiger partial charge in [-0.15, -0.1) is 11.3 Å². The van der Waals surface area contributed by atoms with Gasteiger partial charge in [-0.2, -0.15) is 0 Å². The van der Waals surface area contributed by atoms with Crippen LogP contribution in [0.2, 0.25) is 0 Å². The molecule has 0 spiro atoms. The normalized spacial score (nSPS) is 25.2. The third-order valence-electron chi connectivity index (χ3n) is 3.62. The van der Waals surface area contributed by atoms with Gasteiger partial charge in [0.15, 0.2) is 0 Å². The van der Waals surface area contributed by atoms with Crippen molar-refractivity contribution in [1.82, 2.24) is 4.72 Å². The van der Waals surface area contributed by atoms with Crippen LogP contribution in [0.15, 0.2) is 21.7 Å². The van der Waals surface area contributed by atoms with Crippen molar-refractivity contribution in [1.29, 1.82) is 0 Å². The molecule has 1 aromatic rings. The Kier molecular flexibility index (Phi) is 4.77. The molecule has 4 nitrogen and oxygen atoms in total. The van der Waals surface area contributed by atoms with E-state index < -0.39 is 10.0 Å². The average molecular weight is 288 g/mol. The highest BCUT2D eigenvalue weighted by molar-refractivity contribution is 7.91. The first-order valence-corrected chi connectivity index (χ1v) is 8.71. The Hall–Kier alpha value is -0.430. The summed E-state index contributed by atoms with van der Waals surface area (Å²) in [6, 6.07) is 3.39. The second-order valence-electron chi connectivity index (χ2n) is 4.91. The quantitative estimate of drug-likeness (QED) is 0.867. The van der Waals surface area contributed by atoms with Crippen LogP contribution in [-0.2, 0) is 10.0 Å². The maximum absolute atomic E-state index is 11.9. The predicted octanol–water partition coefficient (Wildman–Crippen LogP) is 1.79. The summed E-state index contributed by atoms with van der Waals surface area (Å²) >= 11 is 1.25. The van der Waals surface area contributed by atoms with Crippen molar-refractivity contribution in [3.63, 3.8) is 0 Å². The minimum absolute atomic E-state index is 0.401. The summed E-state index contributed by atoms with van der Waals surface area (Å²) in [5, 5.41) is 1.78. The van der Waals surface area contributed by atoms with Crippen LogP contribution < -0.4 is 10.5 Å². The molecule has 102 valence electrons. The Morgan fingerprint density at radius 3 is 2.50 bits per heavy atom. The molecule has 1 heterocycles. The van der Waals surface area contributed by atoms with Crippen LogP contribution in [-0.4, -0.2) is 21.5 Å². The molecule has 0 aromatic carbocycles. The zero-order valence-corrected chi connectivity index (χ0v) is 12.0. The van der Waals surface area contributed by atoms with Gasteiger partial charge >= 0.3 is 0 Å². The SMILES string of the molecule is NC[C@H]1CC[C@H](CNS(=O)(=O)c2cccs2)CC1. The van der Waals surface area contributed by atoms with Crippen LogP contribution in [0.5, 0.6) is 0 Å². The number of nitrogens with two attached hydrogens (primary N) is 1. The van der Waals surface area contributed by atoms with Gasteiger partial charge < -0.3 is 5.73 Å². The van der Waals surface area contributed by atoms with E-state index in [4.69, 9.17) is 5.73 Å². The van der Waals surface area contributed by atoms with Gasteiger partial charge in [0.1, 0.15) is 4.21 Å². The largest absolute Gasteiger partial charge is 0.330 e. The second kappa shape index (κ2) is 6.14.